The predicted octanol–water partition coefficient (Wildman–Crippen LogP) is 1.66. The molecule has 1 aliphatic heterocycles. The Labute approximate surface area is 110 Å². The van der Waals surface area contributed by atoms with E-state index < -0.39 is 11.5 Å². The maximum atomic E-state index is 11.9. The highest BCUT2D eigenvalue weighted by Crippen LogP contribution is 2.44. The summed E-state index contributed by atoms with van der Waals surface area (Å²) in [5, 5.41) is 9.78. The zero-order chi connectivity index (χ0) is 13.4. The highest BCUT2D eigenvalue weighted by molar-refractivity contribution is 5.79. The summed E-state index contributed by atoms with van der Waals surface area (Å²) in [5.41, 5.74) is -0.455. The van der Waals surface area contributed by atoms with Crippen LogP contribution in [0.2, 0.25) is 0 Å². The summed E-state index contributed by atoms with van der Waals surface area (Å²) in [6.45, 7) is 8.16. The topological polar surface area (TPSA) is 43.8 Å². The lowest BCUT2D eigenvalue weighted by molar-refractivity contribution is -0.159. The molecule has 0 aromatic carbocycles. The summed E-state index contributed by atoms with van der Waals surface area (Å²) in [4.78, 5) is 16.4. The van der Waals surface area contributed by atoms with E-state index in [-0.39, 0.29) is 5.41 Å². The number of carbonyl (C=O) groups is 1. The van der Waals surface area contributed by atoms with Gasteiger partial charge in [0.2, 0.25) is 0 Å². The summed E-state index contributed by atoms with van der Waals surface area (Å²) >= 11 is 0. The van der Waals surface area contributed by atoms with Crippen molar-refractivity contribution in [3.05, 3.63) is 0 Å². The maximum absolute atomic E-state index is 11.9. The summed E-state index contributed by atoms with van der Waals surface area (Å²) in [6.07, 6.45) is 3.79. The second-order valence-electron chi connectivity index (χ2n) is 6.82. The number of carboxylic acid groups (broad SMARTS) is 1. The van der Waals surface area contributed by atoms with E-state index >= 15 is 0 Å². The van der Waals surface area contributed by atoms with Crippen molar-refractivity contribution in [1.82, 2.24) is 9.80 Å². The van der Waals surface area contributed by atoms with Crippen LogP contribution >= 0.6 is 0 Å². The lowest BCUT2D eigenvalue weighted by atomic mass is 9.67. The Balaban J connectivity index is 2.19. The first kappa shape index (κ1) is 13.8. The van der Waals surface area contributed by atoms with Crippen LogP contribution in [-0.2, 0) is 4.79 Å². The molecule has 2 fully saturated rings. The van der Waals surface area contributed by atoms with Crippen LogP contribution in [0.5, 0.6) is 0 Å². The molecule has 1 heterocycles. The Hall–Kier alpha value is -0.610. The summed E-state index contributed by atoms with van der Waals surface area (Å²) in [5.74, 6) is -0.611. The highest BCUT2D eigenvalue weighted by atomic mass is 16.4. The van der Waals surface area contributed by atoms with E-state index in [1.807, 2.05) is 0 Å². The van der Waals surface area contributed by atoms with Crippen LogP contribution in [0.25, 0.3) is 0 Å². The van der Waals surface area contributed by atoms with Crippen molar-refractivity contribution in [2.45, 2.75) is 45.1 Å². The smallest absolute Gasteiger partial charge is 0.324 e. The fourth-order valence-electron chi connectivity index (χ4n) is 3.65. The van der Waals surface area contributed by atoms with Gasteiger partial charge in [-0.3, -0.25) is 9.69 Å². The largest absolute Gasteiger partial charge is 0.480 e. The molecule has 0 aromatic heterocycles. The minimum atomic E-state index is -0.611. The van der Waals surface area contributed by atoms with Crippen molar-refractivity contribution < 1.29 is 9.90 Å². The van der Waals surface area contributed by atoms with Gasteiger partial charge in [-0.05, 0) is 31.7 Å². The molecule has 18 heavy (non-hydrogen) atoms. The Morgan fingerprint density at radius 1 is 1.11 bits per heavy atom. The molecule has 0 amide bonds. The predicted molar refractivity (Wildman–Crippen MR) is 71.7 cm³/mol. The van der Waals surface area contributed by atoms with Crippen molar-refractivity contribution >= 4 is 5.97 Å². The van der Waals surface area contributed by atoms with Gasteiger partial charge >= 0.3 is 5.97 Å². The summed E-state index contributed by atoms with van der Waals surface area (Å²) in [6, 6.07) is 0. The van der Waals surface area contributed by atoms with Crippen LogP contribution in [0, 0.1) is 5.41 Å². The Bertz CT molecular complexity index is 322. The average Bonchev–Trinajstić information content (AvgIpc) is 2.28. The van der Waals surface area contributed by atoms with E-state index in [0.717, 1.165) is 51.9 Å². The van der Waals surface area contributed by atoms with Gasteiger partial charge in [-0.2, -0.15) is 0 Å². The third-order valence-electron chi connectivity index (χ3n) is 4.72. The van der Waals surface area contributed by atoms with Gasteiger partial charge in [-0.15, -0.1) is 0 Å². The highest BCUT2D eigenvalue weighted by Gasteiger charge is 2.50. The van der Waals surface area contributed by atoms with Gasteiger partial charge in [0, 0.05) is 26.2 Å². The minimum absolute atomic E-state index is 0.153. The summed E-state index contributed by atoms with van der Waals surface area (Å²) in [7, 11) is 2.11. The molecule has 4 nitrogen and oxygen atoms in total. The quantitative estimate of drug-likeness (QED) is 0.814. The Morgan fingerprint density at radius 2 is 1.72 bits per heavy atom. The van der Waals surface area contributed by atoms with Crippen molar-refractivity contribution in [2.75, 3.05) is 33.2 Å². The zero-order valence-corrected chi connectivity index (χ0v) is 11.9. The molecule has 1 saturated heterocycles. The Kier molecular flexibility index (Phi) is 3.70. The van der Waals surface area contributed by atoms with Gasteiger partial charge in [-0.1, -0.05) is 20.3 Å². The van der Waals surface area contributed by atoms with Gasteiger partial charge in [0.1, 0.15) is 5.54 Å². The summed E-state index contributed by atoms with van der Waals surface area (Å²) < 4.78 is 0. The molecule has 0 bridgehead atoms. The second-order valence-corrected chi connectivity index (χ2v) is 6.82. The molecular weight excluding hydrogens is 228 g/mol. The lowest BCUT2D eigenvalue weighted by Gasteiger charge is -2.50. The van der Waals surface area contributed by atoms with Crippen LogP contribution in [0.3, 0.4) is 0 Å². The number of hydrogen-bond donors (Lipinski definition) is 1. The molecule has 1 unspecified atom stereocenters. The first-order chi connectivity index (χ1) is 8.36. The lowest BCUT2D eigenvalue weighted by Crippen LogP contribution is -2.62. The normalized spacial score (nSPS) is 34.4. The molecule has 1 saturated carbocycles. The first-order valence-electron chi connectivity index (χ1n) is 7.03. The van der Waals surface area contributed by atoms with Crippen LogP contribution in [0.15, 0.2) is 0 Å². The van der Waals surface area contributed by atoms with Gasteiger partial charge in [-0.25, -0.2) is 0 Å². The minimum Gasteiger partial charge on any atom is -0.480 e. The number of rotatable bonds is 2. The third kappa shape index (κ3) is 2.54. The first-order valence-corrected chi connectivity index (χ1v) is 7.03. The van der Waals surface area contributed by atoms with Crippen LogP contribution < -0.4 is 0 Å². The van der Waals surface area contributed by atoms with Crippen molar-refractivity contribution in [3.63, 3.8) is 0 Å². The van der Waals surface area contributed by atoms with Crippen molar-refractivity contribution in [2.24, 2.45) is 5.41 Å². The molecule has 0 spiro atoms. The molecule has 4 heteroatoms. The van der Waals surface area contributed by atoms with Gasteiger partial charge in [0.15, 0.2) is 0 Å². The molecule has 1 atom stereocenters. The van der Waals surface area contributed by atoms with Crippen molar-refractivity contribution in [1.29, 1.82) is 0 Å². The molecule has 2 rings (SSSR count). The fourth-order valence-corrected chi connectivity index (χ4v) is 3.65. The van der Waals surface area contributed by atoms with E-state index in [9.17, 15) is 9.90 Å². The monoisotopic (exact) mass is 254 g/mol. The number of likely N-dealkylation sites (N-methyl/N-ethyl adjacent to an activating group) is 1. The zero-order valence-electron chi connectivity index (χ0n) is 11.9. The molecule has 0 aromatic rings. The van der Waals surface area contributed by atoms with E-state index in [2.05, 4.69) is 30.7 Å². The third-order valence-corrected chi connectivity index (χ3v) is 4.72. The number of aliphatic carboxylic acids is 1. The number of carboxylic acids is 1. The van der Waals surface area contributed by atoms with Crippen LogP contribution in [0.4, 0.5) is 0 Å². The van der Waals surface area contributed by atoms with Crippen LogP contribution in [-0.4, -0.2) is 59.6 Å². The van der Waals surface area contributed by atoms with E-state index in [4.69, 9.17) is 0 Å². The number of hydrogen-bond acceptors (Lipinski definition) is 3. The molecule has 2 aliphatic rings. The van der Waals surface area contributed by atoms with Gasteiger partial charge < -0.3 is 10.0 Å². The average molecular weight is 254 g/mol. The molecule has 0 radical (unpaired) electrons. The number of piperazine rings is 1. The van der Waals surface area contributed by atoms with E-state index in [1.54, 1.807) is 0 Å². The number of nitrogens with zero attached hydrogens (tertiary/aromatic N) is 2. The fraction of sp³-hybridized carbons (Fsp3) is 0.929. The maximum Gasteiger partial charge on any atom is 0.324 e. The van der Waals surface area contributed by atoms with Gasteiger partial charge in [0.05, 0.1) is 0 Å². The van der Waals surface area contributed by atoms with E-state index in [0.29, 0.717) is 0 Å². The standard InChI is InChI=1S/C14H26N2O2/c1-13(2)5-4-6-14(11-13,12(17)18)16-9-7-15(3)8-10-16/h4-11H2,1-3H3,(H,17,18). The molecule has 1 aliphatic carbocycles. The Morgan fingerprint density at radius 3 is 2.22 bits per heavy atom. The SMILES string of the molecule is CN1CCN(C2(C(=O)O)CCCC(C)(C)C2)CC1. The van der Waals surface area contributed by atoms with Crippen LogP contribution in [0.1, 0.15) is 39.5 Å². The second kappa shape index (κ2) is 4.82. The van der Waals surface area contributed by atoms with Crippen molar-refractivity contribution in [3.8, 4) is 0 Å². The molecular formula is C14H26N2O2. The van der Waals surface area contributed by atoms with Gasteiger partial charge in [0.25, 0.3) is 0 Å². The van der Waals surface area contributed by atoms with E-state index in [1.165, 1.54) is 0 Å². The molecule has 1 N–H and O–H groups in total. The molecule has 104 valence electrons.